The maximum absolute atomic E-state index is 5.46. The fraction of sp³-hybridized carbons (Fsp3) is 0.625. The molecular weight excluding hydrogens is 254 g/mol. The molecule has 1 aromatic rings. The van der Waals surface area contributed by atoms with E-state index >= 15 is 0 Å². The Labute approximate surface area is 121 Å². The third kappa shape index (κ3) is 3.79. The lowest BCUT2D eigenvalue weighted by Crippen LogP contribution is -2.26. The molecule has 0 heterocycles. The van der Waals surface area contributed by atoms with E-state index in [2.05, 4.69) is 12.2 Å². The lowest BCUT2D eigenvalue weighted by atomic mass is 10.1. The predicted molar refractivity (Wildman–Crippen MR) is 79.7 cm³/mol. The van der Waals surface area contributed by atoms with E-state index in [0.29, 0.717) is 6.04 Å². The zero-order chi connectivity index (χ0) is 14.5. The van der Waals surface area contributed by atoms with Crippen LogP contribution in [0.4, 0.5) is 0 Å². The molecule has 0 aromatic heterocycles. The second-order valence-electron chi connectivity index (χ2n) is 5.47. The Morgan fingerprint density at radius 2 is 1.70 bits per heavy atom. The van der Waals surface area contributed by atoms with Gasteiger partial charge in [-0.1, -0.05) is 12.8 Å². The number of ether oxygens (including phenoxy) is 3. The van der Waals surface area contributed by atoms with Gasteiger partial charge < -0.3 is 19.5 Å². The van der Waals surface area contributed by atoms with Gasteiger partial charge in [0, 0.05) is 24.7 Å². The minimum atomic E-state index is 0.513. The number of benzene rings is 1. The topological polar surface area (TPSA) is 39.7 Å². The lowest BCUT2D eigenvalue weighted by Gasteiger charge is -2.18. The van der Waals surface area contributed by atoms with Crippen molar-refractivity contribution in [3.8, 4) is 17.2 Å². The number of nitrogens with one attached hydrogen (secondary N) is 1. The summed E-state index contributed by atoms with van der Waals surface area (Å²) in [6.45, 7) is 2.98. The SMILES string of the molecule is COc1cc(OC)c(CNC(C)CC2CC2)c(OC)c1. The fourth-order valence-electron chi connectivity index (χ4n) is 2.47. The summed E-state index contributed by atoms with van der Waals surface area (Å²) in [7, 11) is 4.99. The first-order valence-electron chi connectivity index (χ1n) is 7.20. The second-order valence-corrected chi connectivity index (χ2v) is 5.47. The summed E-state index contributed by atoms with van der Waals surface area (Å²) >= 11 is 0. The zero-order valence-electron chi connectivity index (χ0n) is 12.9. The van der Waals surface area contributed by atoms with Crippen molar-refractivity contribution in [2.75, 3.05) is 21.3 Å². The molecule has 0 spiro atoms. The summed E-state index contributed by atoms with van der Waals surface area (Å²) in [5, 5.41) is 3.56. The molecule has 1 atom stereocenters. The molecule has 0 radical (unpaired) electrons. The normalized spacial score (nSPS) is 15.8. The van der Waals surface area contributed by atoms with E-state index in [1.54, 1.807) is 21.3 Å². The molecule has 2 rings (SSSR count). The van der Waals surface area contributed by atoms with Crippen molar-refractivity contribution in [2.45, 2.75) is 38.8 Å². The first kappa shape index (κ1) is 15.0. The van der Waals surface area contributed by atoms with Crippen LogP contribution in [-0.2, 0) is 6.54 Å². The van der Waals surface area contributed by atoms with Crippen LogP contribution in [0.3, 0.4) is 0 Å². The van der Waals surface area contributed by atoms with Crippen LogP contribution in [0, 0.1) is 5.92 Å². The monoisotopic (exact) mass is 279 g/mol. The molecule has 1 aliphatic carbocycles. The van der Waals surface area contributed by atoms with Gasteiger partial charge in [-0.05, 0) is 19.3 Å². The summed E-state index contributed by atoms with van der Waals surface area (Å²) in [4.78, 5) is 0. The van der Waals surface area contributed by atoms with Crippen molar-refractivity contribution in [3.63, 3.8) is 0 Å². The minimum Gasteiger partial charge on any atom is -0.496 e. The molecule has 0 amide bonds. The molecule has 112 valence electrons. The average Bonchev–Trinajstić information content (AvgIpc) is 3.27. The molecule has 1 aliphatic rings. The Hall–Kier alpha value is -1.42. The molecule has 0 bridgehead atoms. The van der Waals surface area contributed by atoms with E-state index in [1.807, 2.05) is 12.1 Å². The van der Waals surface area contributed by atoms with Crippen LogP contribution in [-0.4, -0.2) is 27.4 Å². The Bertz CT molecular complexity index is 418. The zero-order valence-corrected chi connectivity index (χ0v) is 12.9. The molecule has 1 aromatic carbocycles. The minimum absolute atomic E-state index is 0.513. The summed E-state index contributed by atoms with van der Waals surface area (Å²) < 4.78 is 16.2. The van der Waals surface area contributed by atoms with Crippen LogP contribution < -0.4 is 19.5 Å². The van der Waals surface area contributed by atoms with Crippen LogP contribution in [0.2, 0.25) is 0 Å². The van der Waals surface area contributed by atoms with Crippen LogP contribution in [0.5, 0.6) is 17.2 Å². The van der Waals surface area contributed by atoms with Gasteiger partial charge in [0.2, 0.25) is 0 Å². The van der Waals surface area contributed by atoms with Crippen molar-refractivity contribution in [1.29, 1.82) is 0 Å². The molecular formula is C16H25NO3. The Balaban J connectivity index is 2.07. The van der Waals surface area contributed by atoms with Gasteiger partial charge >= 0.3 is 0 Å². The van der Waals surface area contributed by atoms with Gasteiger partial charge in [-0.25, -0.2) is 0 Å². The van der Waals surface area contributed by atoms with Crippen LogP contribution in [0.25, 0.3) is 0 Å². The average molecular weight is 279 g/mol. The molecule has 0 aliphatic heterocycles. The third-order valence-electron chi connectivity index (χ3n) is 3.83. The Morgan fingerprint density at radius 1 is 1.10 bits per heavy atom. The molecule has 1 N–H and O–H groups in total. The Kier molecular flexibility index (Phi) is 5.12. The number of hydrogen-bond donors (Lipinski definition) is 1. The van der Waals surface area contributed by atoms with E-state index in [-0.39, 0.29) is 0 Å². The summed E-state index contributed by atoms with van der Waals surface area (Å²) in [6, 6.07) is 4.30. The van der Waals surface area contributed by atoms with Gasteiger partial charge in [0.1, 0.15) is 17.2 Å². The number of hydrogen-bond acceptors (Lipinski definition) is 4. The quantitative estimate of drug-likeness (QED) is 0.794. The Morgan fingerprint density at radius 3 is 2.15 bits per heavy atom. The predicted octanol–water partition coefficient (Wildman–Crippen LogP) is 2.99. The van der Waals surface area contributed by atoms with Gasteiger partial charge in [0.05, 0.1) is 26.9 Å². The van der Waals surface area contributed by atoms with Crippen LogP contribution in [0.1, 0.15) is 31.7 Å². The standard InChI is InChI=1S/C16H25NO3/c1-11(7-12-5-6-12)17-10-14-15(19-3)8-13(18-2)9-16(14)20-4/h8-9,11-12,17H,5-7,10H2,1-4H3. The molecule has 20 heavy (non-hydrogen) atoms. The maximum atomic E-state index is 5.46. The highest BCUT2D eigenvalue weighted by atomic mass is 16.5. The third-order valence-corrected chi connectivity index (χ3v) is 3.83. The molecule has 4 heteroatoms. The maximum Gasteiger partial charge on any atom is 0.130 e. The van der Waals surface area contributed by atoms with Crippen molar-refractivity contribution in [3.05, 3.63) is 17.7 Å². The second kappa shape index (κ2) is 6.84. The van der Waals surface area contributed by atoms with Crippen LogP contribution >= 0.6 is 0 Å². The summed E-state index contributed by atoms with van der Waals surface area (Å²) in [5.74, 6) is 3.27. The van der Waals surface area contributed by atoms with Crippen molar-refractivity contribution >= 4 is 0 Å². The smallest absolute Gasteiger partial charge is 0.130 e. The first-order valence-corrected chi connectivity index (χ1v) is 7.20. The molecule has 1 unspecified atom stereocenters. The van der Waals surface area contributed by atoms with E-state index in [4.69, 9.17) is 14.2 Å². The van der Waals surface area contributed by atoms with Crippen molar-refractivity contribution in [1.82, 2.24) is 5.32 Å². The molecule has 4 nitrogen and oxygen atoms in total. The van der Waals surface area contributed by atoms with Crippen molar-refractivity contribution in [2.24, 2.45) is 5.92 Å². The van der Waals surface area contributed by atoms with E-state index < -0.39 is 0 Å². The van der Waals surface area contributed by atoms with E-state index in [1.165, 1.54) is 19.3 Å². The summed E-state index contributed by atoms with van der Waals surface area (Å²) in [5.41, 5.74) is 1.04. The van der Waals surface area contributed by atoms with Gasteiger partial charge in [0.15, 0.2) is 0 Å². The molecule has 1 fully saturated rings. The van der Waals surface area contributed by atoms with Crippen LogP contribution in [0.15, 0.2) is 12.1 Å². The van der Waals surface area contributed by atoms with E-state index in [0.717, 1.165) is 35.3 Å². The molecule has 1 saturated carbocycles. The van der Waals surface area contributed by atoms with Gasteiger partial charge in [-0.3, -0.25) is 0 Å². The van der Waals surface area contributed by atoms with E-state index in [9.17, 15) is 0 Å². The van der Waals surface area contributed by atoms with Gasteiger partial charge in [0.25, 0.3) is 0 Å². The first-order chi connectivity index (χ1) is 9.67. The fourth-order valence-corrected chi connectivity index (χ4v) is 2.47. The number of rotatable bonds is 8. The lowest BCUT2D eigenvalue weighted by molar-refractivity contribution is 0.363. The highest BCUT2D eigenvalue weighted by Crippen LogP contribution is 2.35. The highest BCUT2D eigenvalue weighted by molar-refractivity contribution is 5.50. The van der Waals surface area contributed by atoms with Gasteiger partial charge in [-0.15, -0.1) is 0 Å². The largest absolute Gasteiger partial charge is 0.496 e. The van der Waals surface area contributed by atoms with Crippen molar-refractivity contribution < 1.29 is 14.2 Å². The van der Waals surface area contributed by atoms with Gasteiger partial charge in [-0.2, -0.15) is 0 Å². The summed E-state index contributed by atoms with van der Waals surface area (Å²) in [6.07, 6.45) is 4.03. The molecule has 0 saturated heterocycles. The number of methoxy groups -OCH3 is 3. The highest BCUT2D eigenvalue weighted by Gasteiger charge is 2.23.